The second-order valence-corrected chi connectivity index (χ2v) is 3.98. The lowest BCUT2D eigenvalue weighted by atomic mass is 10.2. The molecule has 3 N–H and O–H groups in total. The highest BCUT2D eigenvalue weighted by Gasteiger charge is 2.09. The zero-order valence-corrected chi connectivity index (χ0v) is 10.8. The van der Waals surface area contributed by atoms with Crippen LogP contribution in [0.4, 0.5) is 17.5 Å². The molecule has 0 aliphatic carbocycles. The van der Waals surface area contributed by atoms with Crippen LogP contribution in [0, 0.1) is 11.3 Å². The maximum Gasteiger partial charge on any atom is 0.222 e. The highest BCUT2D eigenvalue weighted by molar-refractivity contribution is 6.32. The van der Waals surface area contributed by atoms with Gasteiger partial charge < -0.3 is 15.8 Å². The number of benzene rings is 1. The van der Waals surface area contributed by atoms with E-state index in [-0.39, 0.29) is 5.95 Å². The van der Waals surface area contributed by atoms with Crippen molar-refractivity contribution in [3.8, 4) is 11.8 Å². The molecule has 0 saturated heterocycles. The molecule has 0 unspecified atom stereocenters. The Morgan fingerprint density at radius 2 is 2.26 bits per heavy atom. The number of nitriles is 1. The predicted octanol–water partition coefficient (Wildman–Crippen LogP) is 2.34. The molecule has 0 bridgehead atoms. The number of nitrogens with two attached hydrogens (primary N) is 1. The summed E-state index contributed by atoms with van der Waals surface area (Å²) in [5.74, 6) is 1.01. The quantitative estimate of drug-likeness (QED) is 0.892. The Labute approximate surface area is 114 Å². The fourth-order valence-corrected chi connectivity index (χ4v) is 1.61. The summed E-state index contributed by atoms with van der Waals surface area (Å²) in [7, 11) is 1.53. The lowest BCUT2D eigenvalue weighted by molar-refractivity contribution is 0.417. The van der Waals surface area contributed by atoms with Crippen molar-refractivity contribution in [2.24, 2.45) is 0 Å². The topological polar surface area (TPSA) is 96.8 Å². The van der Waals surface area contributed by atoms with Crippen LogP contribution in [0.15, 0.2) is 24.4 Å². The van der Waals surface area contributed by atoms with Crippen LogP contribution in [0.3, 0.4) is 0 Å². The fraction of sp³-hybridized carbons (Fsp3) is 0.0833. The Kier molecular flexibility index (Phi) is 3.68. The van der Waals surface area contributed by atoms with Gasteiger partial charge in [0.1, 0.15) is 10.8 Å². The molecule has 2 rings (SSSR count). The van der Waals surface area contributed by atoms with E-state index in [0.717, 1.165) is 0 Å². The molecule has 1 heterocycles. The smallest absolute Gasteiger partial charge is 0.222 e. The van der Waals surface area contributed by atoms with Crippen molar-refractivity contribution in [2.75, 3.05) is 18.2 Å². The first-order chi connectivity index (χ1) is 9.13. The van der Waals surface area contributed by atoms with Crippen molar-refractivity contribution < 1.29 is 4.74 Å². The molecule has 1 aromatic carbocycles. The molecule has 0 amide bonds. The van der Waals surface area contributed by atoms with Crippen LogP contribution in [0.2, 0.25) is 5.02 Å². The highest BCUT2D eigenvalue weighted by Crippen LogP contribution is 2.30. The number of anilines is 3. The summed E-state index contributed by atoms with van der Waals surface area (Å²) in [6, 6.07) is 7.01. The Hall–Kier alpha value is -2.52. The monoisotopic (exact) mass is 275 g/mol. The zero-order chi connectivity index (χ0) is 13.8. The minimum atomic E-state index is 0.0994. The first-order valence-corrected chi connectivity index (χ1v) is 5.65. The van der Waals surface area contributed by atoms with Gasteiger partial charge in [0, 0.05) is 0 Å². The Bertz CT molecular complexity index is 653. The van der Waals surface area contributed by atoms with Gasteiger partial charge in [0.05, 0.1) is 30.6 Å². The van der Waals surface area contributed by atoms with E-state index in [1.807, 2.05) is 6.07 Å². The Morgan fingerprint density at radius 1 is 1.47 bits per heavy atom. The maximum absolute atomic E-state index is 8.90. The Morgan fingerprint density at radius 3 is 2.95 bits per heavy atom. The van der Waals surface area contributed by atoms with E-state index in [9.17, 15) is 0 Å². The molecule has 6 nitrogen and oxygen atoms in total. The van der Waals surface area contributed by atoms with Crippen LogP contribution in [0.25, 0.3) is 0 Å². The van der Waals surface area contributed by atoms with Crippen LogP contribution in [0.1, 0.15) is 5.56 Å². The first kappa shape index (κ1) is 12.9. The van der Waals surface area contributed by atoms with Gasteiger partial charge in [0.25, 0.3) is 0 Å². The lowest BCUT2D eigenvalue weighted by Gasteiger charge is -2.11. The van der Waals surface area contributed by atoms with Gasteiger partial charge in [0.15, 0.2) is 5.82 Å². The predicted molar refractivity (Wildman–Crippen MR) is 72.4 cm³/mol. The molecule has 1 aromatic heterocycles. The third kappa shape index (κ3) is 2.84. The highest BCUT2D eigenvalue weighted by atomic mass is 35.5. The van der Waals surface area contributed by atoms with Gasteiger partial charge in [-0.25, -0.2) is 4.98 Å². The number of nitrogens with one attached hydrogen (secondary N) is 1. The van der Waals surface area contributed by atoms with Gasteiger partial charge in [-0.2, -0.15) is 10.2 Å². The fourth-order valence-electron chi connectivity index (χ4n) is 1.47. The van der Waals surface area contributed by atoms with E-state index in [2.05, 4.69) is 15.3 Å². The summed E-state index contributed by atoms with van der Waals surface area (Å²) < 4.78 is 5.20. The van der Waals surface area contributed by atoms with Crippen LogP contribution in [0.5, 0.6) is 5.75 Å². The van der Waals surface area contributed by atoms with Crippen LogP contribution < -0.4 is 15.8 Å². The molecule has 19 heavy (non-hydrogen) atoms. The summed E-state index contributed by atoms with van der Waals surface area (Å²) >= 11 is 5.97. The van der Waals surface area contributed by atoms with Gasteiger partial charge in [-0.1, -0.05) is 11.6 Å². The van der Waals surface area contributed by atoms with E-state index in [4.69, 9.17) is 27.3 Å². The van der Waals surface area contributed by atoms with Crippen molar-refractivity contribution in [1.82, 2.24) is 9.97 Å². The summed E-state index contributed by atoms with van der Waals surface area (Å²) in [5.41, 5.74) is 6.56. The molecule has 0 saturated carbocycles. The molecule has 0 atom stereocenters. The number of rotatable bonds is 3. The summed E-state index contributed by atoms with van der Waals surface area (Å²) in [4.78, 5) is 7.75. The van der Waals surface area contributed by atoms with Crippen molar-refractivity contribution in [1.29, 1.82) is 5.26 Å². The minimum Gasteiger partial charge on any atom is -0.495 e. The number of methoxy groups -OCH3 is 1. The standard InChI is InChI=1S/C12H10ClN5O/c1-19-10-3-2-7(5-14)4-9(10)17-11-8(13)6-16-12(15)18-11/h2-4,6H,1H3,(H3,15,16,17,18). The molecular weight excluding hydrogens is 266 g/mol. The summed E-state index contributed by atoms with van der Waals surface area (Å²) in [6.45, 7) is 0. The van der Waals surface area contributed by atoms with E-state index in [1.165, 1.54) is 13.3 Å². The van der Waals surface area contributed by atoms with Crippen LogP contribution in [-0.2, 0) is 0 Å². The van der Waals surface area contributed by atoms with Gasteiger partial charge in [-0.15, -0.1) is 0 Å². The molecule has 0 aliphatic heterocycles. The number of halogens is 1. The van der Waals surface area contributed by atoms with Crippen LogP contribution >= 0.6 is 11.6 Å². The van der Waals surface area contributed by atoms with E-state index < -0.39 is 0 Å². The maximum atomic E-state index is 8.90. The largest absolute Gasteiger partial charge is 0.495 e. The van der Waals surface area contributed by atoms with Crippen molar-refractivity contribution >= 4 is 29.1 Å². The second-order valence-electron chi connectivity index (χ2n) is 3.58. The summed E-state index contributed by atoms with van der Waals surface area (Å²) in [5, 5.41) is 12.2. The van der Waals surface area contributed by atoms with Gasteiger partial charge >= 0.3 is 0 Å². The molecule has 0 radical (unpaired) electrons. The number of hydrogen-bond donors (Lipinski definition) is 2. The average molecular weight is 276 g/mol. The number of aromatic nitrogens is 2. The van der Waals surface area contributed by atoms with E-state index >= 15 is 0 Å². The lowest BCUT2D eigenvalue weighted by Crippen LogP contribution is -2.02. The molecule has 96 valence electrons. The van der Waals surface area contributed by atoms with Gasteiger partial charge in [-0.3, -0.25) is 0 Å². The average Bonchev–Trinajstić information content (AvgIpc) is 2.42. The third-order valence-electron chi connectivity index (χ3n) is 2.34. The molecule has 0 fully saturated rings. The number of hydrogen-bond acceptors (Lipinski definition) is 6. The second kappa shape index (κ2) is 5.42. The SMILES string of the molecule is COc1ccc(C#N)cc1Nc1nc(N)ncc1Cl. The van der Waals surface area contributed by atoms with Gasteiger partial charge in [0.2, 0.25) is 5.95 Å². The minimum absolute atomic E-state index is 0.0994. The normalized spacial score (nSPS) is 9.74. The van der Waals surface area contributed by atoms with Crippen molar-refractivity contribution in [2.45, 2.75) is 0 Å². The van der Waals surface area contributed by atoms with Crippen molar-refractivity contribution in [3.63, 3.8) is 0 Å². The first-order valence-electron chi connectivity index (χ1n) is 5.27. The third-order valence-corrected chi connectivity index (χ3v) is 2.62. The Balaban J connectivity index is 2.42. The van der Waals surface area contributed by atoms with Crippen molar-refractivity contribution in [3.05, 3.63) is 35.0 Å². The molecule has 7 heteroatoms. The zero-order valence-electron chi connectivity index (χ0n) is 10.0. The molecular formula is C12H10ClN5O. The summed E-state index contributed by atoms with van der Waals surface area (Å²) in [6.07, 6.45) is 1.40. The molecule has 0 spiro atoms. The van der Waals surface area contributed by atoms with Gasteiger partial charge in [-0.05, 0) is 18.2 Å². The number of nitrogens with zero attached hydrogens (tertiary/aromatic N) is 3. The molecule has 2 aromatic rings. The molecule has 0 aliphatic rings. The number of ether oxygens (including phenoxy) is 1. The van der Waals surface area contributed by atoms with Crippen LogP contribution in [-0.4, -0.2) is 17.1 Å². The number of nitrogen functional groups attached to an aromatic ring is 1. The van der Waals surface area contributed by atoms with E-state index in [0.29, 0.717) is 27.8 Å². The van der Waals surface area contributed by atoms with E-state index in [1.54, 1.807) is 18.2 Å².